The number of hydrogen-bond donors (Lipinski definition) is 2. The molecule has 0 heterocycles. The molecule has 0 saturated heterocycles. The molecule has 0 aliphatic heterocycles. The second kappa shape index (κ2) is 7.08. The van der Waals surface area contributed by atoms with Gasteiger partial charge in [-0.15, -0.1) is 0 Å². The average molecular weight is 353 g/mol. The number of ether oxygens (including phenoxy) is 1. The molecule has 1 amide bonds. The lowest BCUT2D eigenvalue weighted by Crippen LogP contribution is -2.28. The van der Waals surface area contributed by atoms with Crippen LogP contribution < -0.4 is 15.8 Å². The fraction of sp³-hybridized carbons (Fsp3) is 0.133. The van der Waals surface area contributed by atoms with Gasteiger partial charge >= 0.3 is 0 Å². The molecular weight excluding hydrogens is 339 g/mol. The summed E-state index contributed by atoms with van der Waals surface area (Å²) in [4.78, 5) is 11.7. The Bertz CT molecular complexity index is 635. The number of nitrogen functional groups attached to an aromatic ring is 1. The first-order valence-electron chi connectivity index (χ1n) is 6.24. The summed E-state index contributed by atoms with van der Waals surface area (Å²) in [5, 5.41) is 2.71. The van der Waals surface area contributed by atoms with E-state index in [4.69, 9.17) is 10.5 Å². The summed E-state index contributed by atoms with van der Waals surface area (Å²) in [7, 11) is 0. The molecule has 0 aliphatic carbocycles. The van der Waals surface area contributed by atoms with Crippen molar-refractivity contribution in [2.75, 3.05) is 12.3 Å². The molecule has 110 valence electrons. The summed E-state index contributed by atoms with van der Waals surface area (Å²) in [6, 6.07) is 12.0. The van der Waals surface area contributed by atoms with Crippen LogP contribution in [0.1, 0.15) is 5.56 Å². The molecule has 0 fully saturated rings. The zero-order valence-electron chi connectivity index (χ0n) is 11.1. The van der Waals surface area contributed by atoms with Gasteiger partial charge in [0.2, 0.25) is 0 Å². The van der Waals surface area contributed by atoms with E-state index in [1.54, 1.807) is 0 Å². The molecular formula is C15H14BrFN2O2. The Kier molecular flexibility index (Phi) is 5.16. The molecule has 0 aromatic heterocycles. The molecule has 4 nitrogen and oxygen atoms in total. The van der Waals surface area contributed by atoms with E-state index in [0.29, 0.717) is 6.54 Å². The second-order valence-electron chi connectivity index (χ2n) is 4.36. The third-order valence-corrected chi connectivity index (χ3v) is 3.35. The first kappa shape index (κ1) is 15.3. The Labute approximate surface area is 130 Å². The Morgan fingerprint density at radius 2 is 2.00 bits per heavy atom. The maximum Gasteiger partial charge on any atom is 0.258 e. The smallest absolute Gasteiger partial charge is 0.258 e. The number of benzene rings is 2. The van der Waals surface area contributed by atoms with Gasteiger partial charge in [0.15, 0.2) is 6.61 Å². The highest BCUT2D eigenvalue weighted by atomic mass is 79.9. The second-order valence-corrected chi connectivity index (χ2v) is 5.21. The summed E-state index contributed by atoms with van der Waals surface area (Å²) in [6.45, 7) is 0.186. The maximum absolute atomic E-state index is 13.4. The molecule has 0 atom stereocenters. The van der Waals surface area contributed by atoms with E-state index in [1.165, 1.54) is 6.07 Å². The molecule has 0 saturated carbocycles. The van der Waals surface area contributed by atoms with Crippen LogP contribution >= 0.6 is 15.9 Å². The molecule has 0 aliphatic rings. The van der Waals surface area contributed by atoms with E-state index in [-0.39, 0.29) is 28.4 Å². The minimum Gasteiger partial charge on any atom is -0.482 e. The molecule has 2 aromatic carbocycles. The van der Waals surface area contributed by atoms with Crippen LogP contribution in [0.2, 0.25) is 0 Å². The van der Waals surface area contributed by atoms with Crippen LogP contribution in [0.25, 0.3) is 0 Å². The number of amides is 1. The van der Waals surface area contributed by atoms with Crippen LogP contribution in [0.5, 0.6) is 5.75 Å². The van der Waals surface area contributed by atoms with Crippen molar-refractivity contribution >= 4 is 27.5 Å². The number of nitrogens with two attached hydrogens (primary N) is 1. The highest BCUT2D eigenvalue weighted by Gasteiger charge is 2.09. The fourth-order valence-electron chi connectivity index (χ4n) is 1.66. The number of rotatable bonds is 5. The van der Waals surface area contributed by atoms with Gasteiger partial charge in [0.05, 0.1) is 10.2 Å². The molecule has 2 aromatic rings. The van der Waals surface area contributed by atoms with E-state index in [1.807, 2.05) is 30.3 Å². The Morgan fingerprint density at radius 1 is 1.29 bits per heavy atom. The Hall–Kier alpha value is -2.08. The zero-order valence-corrected chi connectivity index (χ0v) is 12.7. The van der Waals surface area contributed by atoms with Crippen molar-refractivity contribution in [1.82, 2.24) is 5.32 Å². The SMILES string of the molecule is Nc1cc(Br)c(F)cc1OCC(=O)NCc1ccccc1. The third kappa shape index (κ3) is 4.46. The number of carbonyl (C=O) groups excluding carboxylic acids is 1. The van der Waals surface area contributed by atoms with Gasteiger partial charge in [-0.3, -0.25) is 4.79 Å². The van der Waals surface area contributed by atoms with Crippen LogP contribution in [0.15, 0.2) is 46.9 Å². The molecule has 3 N–H and O–H groups in total. The zero-order chi connectivity index (χ0) is 15.2. The van der Waals surface area contributed by atoms with Crippen molar-refractivity contribution < 1.29 is 13.9 Å². The van der Waals surface area contributed by atoms with Gasteiger partial charge < -0.3 is 15.8 Å². The lowest BCUT2D eigenvalue weighted by molar-refractivity contribution is -0.123. The van der Waals surface area contributed by atoms with Crippen LogP contribution in [0, 0.1) is 5.82 Å². The molecule has 0 unspecified atom stereocenters. The topological polar surface area (TPSA) is 64.3 Å². The number of nitrogens with one attached hydrogen (secondary N) is 1. The molecule has 0 spiro atoms. The van der Waals surface area contributed by atoms with Gasteiger partial charge in [-0.2, -0.15) is 0 Å². The number of hydrogen-bond acceptors (Lipinski definition) is 3. The highest BCUT2D eigenvalue weighted by Crippen LogP contribution is 2.28. The minimum atomic E-state index is -0.496. The van der Waals surface area contributed by atoms with Crippen LogP contribution in [0.4, 0.5) is 10.1 Å². The van der Waals surface area contributed by atoms with Gasteiger partial charge in [-0.05, 0) is 27.6 Å². The van der Waals surface area contributed by atoms with Crippen LogP contribution in [-0.2, 0) is 11.3 Å². The predicted molar refractivity (Wildman–Crippen MR) is 82.3 cm³/mol. The van der Waals surface area contributed by atoms with Crippen molar-refractivity contribution in [3.05, 3.63) is 58.3 Å². The molecule has 0 radical (unpaired) electrons. The largest absolute Gasteiger partial charge is 0.482 e. The molecule has 0 bridgehead atoms. The first-order valence-corrected chi connectivity index (χ1v) is 7.03. The fourth-order valence-corrected chi connectivity index (χ4v) is 2.02. The summed E-state index contributed by atoms with van der Waals surface area (Å²) in [5.74, 6) is -0.656. The van der Waals surface area contributed by atoms with Gasteiger partial charge in [0.1, 0.15) is 11.6 Å². The molecule has 2 rings (SSSR count). The number of halogens is 2. The van der Waals surface area contributed by atoms with Crippen molar-refractivity contribution in [3.8, 4) is 5.75 Å². The standard InChI is InChI=1S/C15H14BrFN2O2/c16-11-6-13(18)14(7-12(11)17)21-9-15(20)19-8-10-4-2-1-3-5-10/h1-7H,8-9,18H2,(H,19,20). The van der Waals surface area contributed by atoms with E-state index in [2.05, 4.69) is 21.2 Å². The number of anilines is 1. The monoisotopic (exact) mass is 352 g/mol. The van der Waals surface area contributed by atoms with Gasteiger partial charge in [0.25, 0.3) is 5.91 Å². The predicted octanol–water partition coefficient (Wildman–Crippen LogP) is 2.87. The Morgan fingerprint density at radius 3 is 2.71 bits per heavy atom. The normalized spacial score (nSPS) is 10.2. The van der Waals surface area contributed by atoms with Crippen molar-refractivity contribution in [2.45, 2.75) is 6.54 Å². The van der Waals surface area contributed by atoms with Crippen LogP contribution in [0.3, 0.4) is 0 Å². The summed E-state index contributed by atoms with van der Waals surface area (Å²) in [6.07, 6.45) is 0. The molecule has 6 heteroatoms. The summed E-state index contributed by atoms with van der Waals surface area (Å²) >= 11 is 3.02. The first-order chi connectivity index (χ1) is 10.1. The minimum absolute atomic E-state index is 0.144. The van der Waals surface area contributed by atoms with Crippen molar-refractivity contribution in [3.63, 3.8) is 0 Å². The third-order valence-electron chi connectivity index (χ3n) is 2.74. The highest BCUT2D eigenvalue weighted by molar-refractivity contribution is 9.10. The van der Waals surface area contributed by atoms with Crippen LogP contribution in [-0.4, -0.2) is 12.5 Å². The quantitative estimate of drug-likeness (QED) is 0.813. The summed E-state index contributed by atoms with van der Waals surface area (Å²) in [5.41, 5.74) is 6.94. The average Bonchev–Trinajstić information content (AvgIpc) is 2.48. The van der Waals surface area contributed by atoms with E-state index < -0.39 is 5.82 Å². The van der Waals surface area contributed by atoms with E-state index in [9.17, 15) is 9.18 Å². The van der Waals surface area contributed by atoms with Gasteiger partial charge in [-0.1, -0.05) is 30.3 Å². The van der Waals surface area contributed by atoms with Gasteiger partial charge in [-0.25, -0.2) is 4.39 Å². The Balaban J connectivity index is 1.85. The number of carbonyl (C=O) groups is 1. The lowest BCUT2D eigenvalue weighted by atomic mass is 10.2. The van der Waals surface area contributed by atoms with Gasteiger partial charge in [0, 0.05) is 12.6 Å². The lowest BCUT2D eigenvalue weighted by Gasteiger charge is -2.10. The summed E-state index contributed by atoms with van der Waals surface area (Å²) < 4.78 is 18.8. The van der Waals surface area contributed by atoms with Crippen molar-refractivity contribution in [1.29, 1.82) is 0 Å². The van der Waals surface area contributed by atoms with E-state index in [0.717, 1.165) is 11.6 Å². The van der Waals surface area contributed by atoms with E-state index >= 15 is 0 Å². The van der Waals surface area contributed by atoms with Crippen molar-refractivity contribution in [2.24, 2.45) is 0 Å². The molecule has 21 heavy (non-hydrogen) atoms. The maximum atomic E-state index is 13.4.